The van der Waals surface area contributed by atoms with Gasteiger partial charge in [-0.1, -0.05) is 0 Å². The Labute approximate surface area is 136 Å². The Morgan fingerprint density at radius 3 is 2.75 bits per heavy atom. The van der Waals surface area contributed by atoms with Crippen molar-refractivity contribution in [1.82, 2.24) is 20.0 Å². The number of fused-ring (bicyclic) bond motifs is 1. The van der Waals surface area contributed by atoms with Crippen molar-refractivity contribution in [2.45, 2.75) is 24.5 Å². The van der Waals surface area contributed by atoms with Crippen molar-refractivity contribution in [3.63, 3.8) is 0 Å². The zero-order chi connectivity index (χ0) is 17.4. The van der Waals surface area contributed by atoms with Gasteiger partial charge in [-0.2, -0.15) is 0 Å². The molecule has 0 bridgehead atoms. The van der Waals surface area contributed by atoms with Crippen LogP contribution in [-0.4, -0.2) is 54.8 Å². The minimum Gasteiger partial charge on any atom is -0.397 e. The molecule has 0 aromatic carbocycles. The molecule has 0 spiro atoms. The molecule has 1 aliphatic heterocycles. The molecule has 0 saturated carbocycles. The van der Waals surface area contributed by atoms with Gasteiger partial charge < -0.3 is 41.5 Å². The average Bonchev–Trinajstić information content (AvgIpc) is 3.08. The van der Waals surface area contributed by atoms with Crippen LogP contribution in [0.15, 0.2) is 18.7 Å². The van der Waals surface area contributed by atoms with Gasteiger partial charge in [0.15, 0.2) is 6.23 Å². The molecule has 0 amide bonds. The van der Waals surface area contributed by atoms with Crippen LogP contribution >= 0.6 is 0 Å². The molecular formula is C13H19N7O4. The summed E-state index contributed by atoms with van der Waals surface area (Å²) in [7, 11) is 0. The average molecular weight is 337 g/mol. The summed E-state index contributed by atoms with van der Waals surface area (Å²) in [6.45, 7) is -0.433. The van der Waals surface area contributed by atoms with E-state index in [1.165, 1.54) is 17.1 Å². The van der Waals surface area contributed by atoms with E-state index in [1.807, 2.05) is 0 Å². The molecule has 3 rings (SSSR count). The third-order valence-corrected chi connectivity index (χ3v) is 3.98. The number of hydrogen-bond acceptors (Lipinski definition) is 10. The molecule has 1 aliphatic rings. The molecular weight excluding hydrogens is 318 g/mol. The van der Waals surface area contributed by atoms with Crippen molar-refractivity contribution < 1.29 is 20.1 Å². The molecule has 11 heteroatoms. The molecule has 130 valence electrons. The summed E-state index contributed by atoms with van der Waals surface area (Å²) in [6, 6.07) is 0. The fourth-order valence-corrected chi connectivity index (χ4v) is 2.80. The molecule has 1 saturated heterocycles. The molecule has 4 atom stereocenters. The van der Waals surface area contributed by atoms with Gasteiger partial charge in [0.25, 0.3) is 0 Å². The van der Waals surface area contributed by atoms with Gasteiger partial charge in [-0.25, -0.2) is 9.97 Å². The lowest BCUT2D eigenvalue weighted by atomic mass is 10.1. The highest BCUT2D eigenvalue weighted by molar-refractivity contribution is 5.97. The Bertz CT molecular complexity index is 777. The number of hydrogen-bond donors (Lipinski definition) is 7. The van der Waals surface area contributed by atoms with Gasteiger partial charge in [0.1, 0.15) is 36.1 Å². The fraction of sp³-hybridized carbons (Fsp3) is 0.385. The second kappa shape index (κ2) is 6.22. The molecule has 0 aliphatic carbocycles. The predicted molar refractivity (Wildman–Crippen MR) is 84.4 cm³/mol. The maximum atomic E-state index is 10.2. The topological polar surface area (TPSA) is 191 Å². The molecule has 2 aromatic rings. The number of aliphatic hydroxyl groups excluding tert-OH is 3. The number of rotatable bonds is 4. The van der Waals surface area contributed by atoms with Gasteiger partial charge in [0, 0.05) is 18.0 Å². The van der Waals surface area contributed by atoms with Gasteiger partial charge in [0.05, 0.1) is 17.7 Å². The standard InChI is InChI=1S/C13H19N7O4/c14-6(1-19-16)5-2-20(12-8(5)11(15)17-4-18-12)13-10(23)9(22)7(3-21)24-13/h1-2,4,7,9-10,13,19,21-23H,3,14,16H2,(H2,15,17,18)/b6-1-. The molecule has 1 fully saturated rings. The van der Waals surface area contributed by atoms with E-state index in [0.717, 1.165) is 0 Å². The lowest BCUT2D eigenvalue weighted by Crippen LogP contribution is -2.33. The number of hydrazine groups is 1. The smallest absolute Gasteiger partial charge is 0.164 e. The first-order chi connectivity index (χ1) is 11.5. The van der Waals surface area contributed by atoms with E-state index < -0.39 is 31.1 Å². The number of aromatic nitrogens is 3. The highest BCUT2D eigenvalue weighted by Crippen LogP contribution is 2.35. The molecule has 10 N–H and O–H groups in total. The van der Waals surface area contributed by atoms with Crippen molar-refractivity contribution in [3.8, 4) is 0 Å². The summed E-state index contributed by atoms with van der Waals surface area (Å²) >= 11 is 0. The van der Waals surface area contributed by atoms with Gasteiger partial charge in [-0.15, -0.1) is 0 Å². The number of nitrogens with one attached hydrogen (secondary N) is 1. The van der Waals surface area contributed by atoms with Crippen LogP contribution in [0.25, 0.3) is 16.7 Å². The number of nitrogens with zero attached hydrogens (tertiary/aromatic N) is 3. The summed E-state index contributed by atoms with van der Waals surface area (Å²) in [6.07, 6.45) is -0.189. The third kappa shape index (κ3) is 2.44. The van der Waals surface area contributed by atoms with Gasteiger partial charge in [0.2, 0.25) is 0 Å². The largest absolute Gasteiger partial charge is 0.397 e. The monoisotopic (exact) mass is 337 g/mol. The van der Waals surface area contributed by atoms with Crippen molar-refractivity contribution >= 4 is 22.5 Å². The number of nitrogen functional groups attached to an aromatic ring is 1. The summed E-state index contributed by atoms with van der Waals surface area (Å²) in [5.41, 5.74) is 15.3. The number of ether oxygens (including phenoxy) is 1. The molecule has 2 aromatic heterocycles. The minimum absolute atomic E-state index is 0.189. The van der Waals surface area contributed by atoms with E-state index in [1.54, 1.807) is 6.20 Å². The molecule has 4 unspecified atom stereocenters. The van der Waals surface area contributed by atoms with Crippen LogP contribution < -0.4 is 22.7 Å². The van der Waals surface area contributed by atoms with E-state index in [2.05, 4.69) is 15.4 Å². The van der Waals surface area contributed by atoms with Crippen molar-refractivity contribution in [2.75, 3.05) is 12.3 Å². The number of aliphatic hydroxyl groups is 3. The summed E-state index contributed by atoms with van der Waals surface area (Å²) in [5, 5.41) is 29.9. The second-order valence-corrected chi connectivity index (χ2v) is 5.40. The molecule has 0 radical (unpaired) electrons. The van der Waals surface area contributed by atoms with Gasteiger partial charge in [-0.3, -0.25) is 5.84 Å². The maximum absolute atomic E-state index is 10.2. The lowest BCUT2D eigenvalue weighted by Gasteiger charge is -2.17. The van der Waals surface area contributed by atoms with Crippen LogP contribution in [-0.2, 0) is 4.74 Å². The van der Waals surface area contributed by atoms with Crippen LogP contribution in [0, 0.1) is 0 Å². The Kier molecular flexibility index (Phi) is 4.26. The van der Waals surface area contributed by atoms with Gasteiger partial charge >= 0.3 is 0 Å². The van der Waals surface area contributed by atoms with Crippen LogP contribution in [0.3, 0.4) is 0 Å². The van der Waals surface area contributed by atoms with Crippen LogP contribution in [0.5, 0.6) is 0 Å². The highest BCUT2D eigenvalue weighted by Gasteiger charge is 2.44. The van der Waals surface area contributed by atoms with Crippen LogP contribution in [0.1, 0.15) is 11.8 Å². The Hall–Kier alpha value is -2.44. The van der Waals surface area contributed by atoms with E-state index in [0.29, 0.717) is 16.6 Å². The summed E-state index contributed by atoms with van der Waals surface area (Å²) in [5.74, 6) is 5.44. The fourth-order valence-electron chi connectivity index (χ4n) is 2.80. The zero-order valence-corrected chi connectivity index (χ0v) is 12.6. The molecule has 11 nitrogen and oxygen atoms in total. The van der Waals surface area contributed by atoms with E-state index >= 15 is 0 Å². The zero-order valence-electron chi connectivity index (χ0n) is 12.6. The van der Waals surface area contributed by atoms with Gasteiger partial charge in [-0.05, 0) is 0 Å². The minimum atomic E-state index is -1.26. The predicted octanol–water partition coefficient (Wildman–Crippen LogP) is -2.65. The first-order valence-corrected chi connectivity index (χ1v) is 7.15. The van der Waals surface area contributed by atoms with Crippen molar-refractivity contribution in [2.24, 2.45) is 11.6 Å². The number of anilines is 1. The first kappa shape index (κ1) is 16.4. The second-order valence-electron chi connectivity index (χ2n) is 5.40. The Morgan fingerprint density at radius 2 is 2.12 bits per heavy atom. The van der Waals surface area contributed by atoms with Crippen molar-refractivity contribution in [1.29, 1.82) is 0 Å². The lowest BCUT2D eigenvalue weighted by molar-refractivity contribution is -0.0508. The Morgan fingerprint density at radius 1 is 1.38 bits per heavy atom. The first-order valence-electron chi connectivity index (χ1n) is 7.15. The quantitative estimate of drug-likeness (QED) is 0.229. The maximum Gasteiger partial charge on any atom is 0.164 e. The summed E-state index contributed by atoms with van der Waals surface area (Å²) < 4.78 is 7.02. The summed E-state index contributed by atoms with van der Waals surface area (Å²) in [4.78, 5) is 8.10. The Balaban J connectivity index is 2.16. The van der Waals surface area contributed by atoms with Crippen molar-refractivity contribution in [3.05, 3.63) is 24.3 Å². The van der Waals surface area contributed by atoms with Crippen LogP contribution in [0.4, 0.5) is 5.82 Å². The van der Waals surface area contributed by atoms with E-state index in [4.69, 9.17) is 22.0 Å². The number of nitrogens with two attached hydrogens (primary N) is 3. The highest BCUT2D eigenvalue weighted by atomic mass is 16.6. The third-order valence-electron chi connectivity index (χ3n) is 3.98. The SMILES string of the molecule is NN/C=C(\N)c1cn(C2OC(CO)C(O)C2O)c2ncnc(N)c12. The molecule has 3 heterocycles. The normalized spacial score (nSPS) is 27.8. The van der Waals surface area contributed by atoms with E-state index in [-0.39, 0.29) is 11.5 Å². The van der Waals surface area contributed by atoms with E-state index in [9.17, 15) is 15.3 Å². The molecule has 24 heavy (non-hydrogen) atoms. The van der Waals surface area contributed by atoms with Crippen LogP contribution in [0.2, 0.25) is 0 Å².